The van der Waals surface area contributed by atoms with Crippen molar-refractivity contribution in [2.75, 3.05) is 9.80 Å². The van der Waals surface area contributed by atoms with Crippen LogP contribution >= 0.6 is 0 Å². The molecule has 2 heterocycles. The molecule has 3 aromatic carbocycles. The number of carbonyl (C=O) groups is 2. The average molecular weight is 461 g/mol. The van der Waals surface area contributed by atoms with Crippen LogP contribution in [0.25, 0.3) is 0 Å². The Labute approximate surface area is 197 Å². The minimum absolute atomic E-state index is 0.0475. The summed E-state index contributed by atoms with van der Waals surface area (Å²) in [5.74, 6) is -1.07. The normalized spacial score (nSPS) is 19.4. The van der Waals surface area contributed by atoms with Crippen LogP contribution in [0.15, 0.2) is 60.7 Å². The van der Waals surface area contributed by atoms with Crippen molar-refractivity contribution in [2.45, 2.75) is 51.6 Å². The maximum Gasteiger partial charge on any atom is 0.258 e. The van der Waals surface area contributed by atoms with E-state index in [4.69, 9.17) is 0 Å². The fraction of sp³-hybridized carbons (Fsp3) is 0.286. The smallest absolute Gasteiger partial charge is 0.258 e. The molecule has 5 rings (SSSR count). The Morgan fingerprint density at radius 3 is 1.59 bits per heavy atom. The lowest BCUT2D eigenvalue weighted by Gasteiger charge is -2.36. The molecule has 0 aromatic heterocycles. The topological polar surface area (TPSA) is 40.6 Å². The number of carbonyl (C=O) groups excluding carboxylic acids is 2. The predicted octanol–water partition coefficient (Wildman–Crippen LogP) is 5.93. The number of aryl methyl sites for hydroxylation is 2. The zero-order chi connectivity index (χ0) is 24.0. The van der Waals surface area contributed by atoms with Gasteiger partial charge in [0.15, 0.2) is 0 Å². The third kappa shape index (κ3) is 3.87. The van der Waals surface area contributed by atoms with Gasteiger partial charge in [0.25, 0.3) is 11.8 Å². The van der Waals surface area contributed by atoms with Crippen molar-refractivity contribution in [3.05, 3.63) is 94.6 Å². The van der Waals surface area contributed by atoms with Gasteiger partial charge < -0.3 is 9.80 Å². The van der Waals surface area contributed by atoms with Gasteiger partial charge in [0.1, 0.15) is 11.6 Å². The van der Waals surface area contributed by atoms with E-state index in [2.05, 4.69) is 0 Å². The summed E-state index contributed by atoms with van der Waals surface area (Å²) in [6.45, 7) is 3.95. The Kier molecular flexibility index (Phi) is 5.68. The molecule has 174 valence electrons. The van der Waals surface area contributed by atoms with Crippen LogP contribution in [-0.4, -0.2) is 23.9 Å². The SMILES string of the molecule is CC1CCc2cc(F)ccc2N1C(=O)c1cccc(C(=O)N2c3ccc(F)cc3CCC2C)c1. The number of hydrogen-bond donors (Lipinski definition) is 0. The van der Waals surface area contributed by atoms with Gasteiger partial charge in [-0.3, -0.25) is 9.59 Å². The first-order valence-corrected chi connectivity index (χ1v) is 11.7. The molecule has 2 aliphatic heterocycles. The zero-order valence-corrected chi connectivity index (χ0v) is 19.2. The molecule has 2 amide bonds. The number of halogens is 2. The zero-order valence-electron chi connectivity index (χ0n) is 19.2. The van der Waals surface area contributed by atoms with Crippen molar-refractivity contribution in [3.63, 3.8) is 0 Å². The Balaban J connectivity index is 1.48. The first-order valence-electron chi connectivity index (χ1n) is 11.7. The van der Waals surface area contributed by atoms with Crippen molar-refractivity contribution in [3.8, 4) is 0 Å². The van der Waals surface area contributed by atoms with Gasteiger partial charge in [-0.25, -0.2) is 8.78 Å². The second-order valence-corrected chi connectivity index (χ2v) is 9.25. The summed E-state index contributed by atoms with van der Waals surface area (Å²) < 4.78 is 27.5. The monoisotopic (exact) mass is 460 g/mol. The van der Waals surface area contributed by atoms with E-state index in [-0.39, 0.29) is 35.5 Å². The number of amides is 2. The molecule has 2 atom stereocenters. The van der Waals surface area contributed by atoms with Crippen molar-refractivity contribution in [2.24, 2.45) is 0 Å². The van der Waals surface area contributed by atoms with E-state index in [9.17, 15) is 18.4 Å². The van der Waals surface area contributed by atoms with E-state index in [1.807, 2.05) is 13.8 Å². The van der Waals surface area contributed by atoms with Gasteiger partial charge in [-0.1, -0.05) is 6.07 Å². The molecule has 2 unspecified atom stereocenters. The minimum Gasteiger partial charge on any atom is -0.305 e. The van der Waals surface area contributed by atoms with Crippen LogP contribution in [0, 0.1) is 11.6 Å². The molecular weight excluding hydrogens is 434 g/mol. The van der Waals surface area contributed by atoms with Gasteiger partial charge >= 0.3 is 0 Å². The first-order chi connectivity index (χ1) is 16.3. The molecule has 6 heteroatoms. The minimum atomic E-state index is -0.316. The van der Waals surface area contributed by atoms with E-state index in [0.717, 1.165) is 24.0 Å². The fourth-order valence-electron chi connectivity index (χ4n) is 5.12. The van der Waals surface area contributed by atoms with Gasteiger partial charge in [0.05, 0.1) is 0 Å². The van der Waals surface area contributed by atoms with E-state index >= 15 is 0 Å². The van der Waals surface area contributed by atoms with Gasteiger partial charge in [-0.05, 0) is 105 Å². The number of anilines is 2. The van der Waals surface area contributed by atoms with Crippen molar-refractivity contribution < 1.29 is 18.4 Å². The lowest BCUT2D eigenvalue weighted by atomic mass is 9.94. The summed E-state index contributed by atoms with van der Waals surface area (Å²) in [7, 11) is 0. The lowest BCUT2D eigenvalue weighted by molar-refractivity contribution is 0.0974. The lowest BCUT2D eigenvalue weighted by Crippen LogP contribution is -2.43. The highest BCUT2D eigenvalue weighted by Crippen LogP contribution is 2.34. The molecule has 0 N–H and O–H groups in total. The number of fused-ring (bicyclic) bond motifs is 2. The summed E-state index contributed by atoms with van der Waals surface area (Å²) in [5.41, 5.74) is 3.84. The maximum atomic E-state index is 13.8. The molecule has 0 radical (unpaired) electrons. The Hall–Kier alpha value is -3.54. The van der Waals surface area contributed by atoms with Gasteiger partial charge in [-0.2, -0.15) is 0 Å². The maximum absolute atomic E-state index is 13.8. The molecule has 0 saturated carbocycles. The number of rotatable bonds is 2. The van der Waals surface area contributed by atoms with Crippen LogP contribution in [0.1, 0.15) is 58.5 Å². The van der Waals surface area contributed by atoms with Gasteiger partial charge in [0.2, 0.25) is 0 Å². The summed E-state index contributed by atoms with van der Waals surface area (Å²) in [6.07, 6.45) is 2.89. The molecule has 0 fully saturated rings. The second kappa shape index (κ2) is 8.67. The molecule has 4 nitrogen and oxygen atoms in total. The summed E-state index contributed by atoms with van der Waals surface area (Å²) in [6, 6.07) is 15.7. The standard InChI is InChI=1S/C28H26F2N2O2/c1-17-6-8-19-15-23(29)10-12-25(19)31(17)27(33)21-4-3-5-22(14-21)28(34)32-18(2)7-9-20-16-24(30)11-13-26(20)32/h3-5,10-18H,6-9H2,1-2H3. The predicted molar refractivity (Wildman–Crippen MR) is 128 cm³/mol. The molecule has 0 saturated heterocycles. The fourth-order valence-corrected chi connectivity index (χ4v) is 5.12. The van der Waals surface area contributed by atoms with Crippen molar-refractivity contribution >= 4 is 23.2 Å². The number of benzene rings is 3. The molecule has 34 heavy (non-hydrogen) atoms. The van der Waals surface area contributed by atoms with Crippen molar-refractivity contribution in [1.29, 1.82) is 0 Å². The Morgan fingerprint density at radius 2 is 1.15 bits per heavy atom. The number of hydrogen-bond acceptors (Lipinski definition) is 2. The Bertz CT molecular complexity index is 1190. The highest BCUT2D eigenvalue weighted by atomic mass is 19.1. The third-order valence-corrected chi connectivity index (χ3v) is 6.94. The Morgan fingerprint density at radius 1 is 0.706 bits per heavy atom. The van der Waals surface area contributed by atoms with Gasteiger partial charge in [0, 0.05) is 34.6 Å². The first kappa shape index (κ1) is 22.3. The summed E-state index contributed by atoms with van der Waals surface area (Å²) >= 11 is 0. The molecule has 0 bridgehead atoms. The molecule has 2 aliphatic rings. The summed E-state index contributed by atoms with van der Waals surface area (Å²) in [5, 5.41) is 0. The van der Waals surface area contributed by atoms with Crippen LogP contribution < -0.4 is 9.80 Å². The van der Waals surface area contributed by atoms with Crippen LogP contribution in [0.5, 0.6) is 0 Å². The second-order valence-electron chi connectivity index (χ2n) is 9.25. The largest absolute Gasteiger partial charge is 0.305 e. The highest BCUT2D eigenvalue weighted by Gasteiger charge is 2.32. The van der Waals surface area contributed by atoms with E-state index in [1.54, 1.807) is 46.2 Å². The van der Waals surface area contributed by atoms with Crippen LogP contribution in [0.4, 0.5) is 20.2 Å². The molecule has 0 aliphatic carbocycles. The quantitative estimate of drug-likeness (QED) is 0.476. The van der Waals surface area contributed by atoms with Crippen LogP contribution in [-0.2, 0) is 12.8 Å². The molecule has 0 spiro atoms. The molecular formula is C28H26F2N2O2. The van der Waals surface area contributed by atoms with E-state index in [1.165, 1.54) is 24.3 Å². The summed E-state index contributed by atoms with van der Waals surface area (Å²) in [4.78, 5) is 30.5. The van der Waals surface area contributed by atoms with Crippen LogP contribution in [0.3, 0.4) is 0 Å². The van der Waals surface area contributed by atoms with Crippen LogP contribution in [0.2, 0.25) is 0 Å². The molecule has 3 aromatic rings. The third-order valence-electron chi connectivity index (χ3n) is 6.94. The van der Waals surface area contributed by atoms with Gasteiger partial charge in [-0.15, -0.1) is 0 Å². The number of nitrogens with zero attached hydrogens (tertiary/aromatic N) is 2. The average Bonchev–Trinajstić information content (AvgIpc) is 2.83. The van der Waals surface area contributed by atoms with Crippen molar-refractivity contribution in [1.82, 2.24) is 0 Å². The van der Waals surface area contributed by atoms with E-state index < -0.39 is 0 Å². The highest BCUT2D eigenvalue weighted by molar-refractivity contribution is 6.11. The van der Waals surface area contributed by atoms with E-state index in [0.29, 0.717) is 35.3 Å².